The van der Waals surface area contributed by atoms with Gasteiger partial charge in [-0.2, -0.15) is 5.10 Å². The van der Waals surface area contributed by atoms with Crippen LogP contribution >= 0.6 is 11.6 Å². The van der Waals surface area contributed by atoms with E-state index < -0.39 is 0 Å². The third kappa shape index (κ3) is 4.10. The van der Waals surface area contributed by atoms with Crippen LogP contribution in [0.25, 0.3) is 0 Å². The highest BCUT2D eigenvalue weighted by Gasteiger charge is 2.26. The highest BCUT2D eigenvalue weighted by Crippen LogP contribution is 2.30. The van der Waals surface area contributed by atoms with Crippen LogP contribution in [0.15, 0.2) is 42.7 Å². The van der Waals surface area contributed by atoms with Gasteiger partial charge >= 0.3 is 0 Å². The lowest BCUT2D eigenvalue weighted by Gasteiger charge is -2.22. The molecule has 0 unspecified atom stereocenters. The van der Waals surface area contributed by atoms with Crippen molar-refractivity contribution in [1.29, 1.82) is 0 Å². The quantitative estimate of drug-likeness (QED) is 0.736. The maximum atomic E-state index is 11.9. The van der Waals surface area contributed by atoms with Crippen molar-refractivity contribution in [3.05, 3.63) is 53.9 Å². The molecule has 1 fully saturated rings. The van der Waals surface area contributed by atoms with Gasteiger partial charge in [0.2, 0.25) is 5.91 Å². The van der Waals surface area contributed by atoms with Crippen LogP contribution in [-0.2, 0) is 17.9 Å². The van der Waals surface area contributed by atoms with E-state index in [2.05, 4.69) is 29.4 Å². The normalized spacial score (nSPS) is 14.0. The molecule has 5 heteroatoms. The number of alkyl halides is 1. The Kier molecular flexibility index (Phi) is 4.78. The fourth-order valence-corrected chi connectivity index (χ4v) is 2.67. The highest BCUT2D eigenvalue weighted by atomic mass is 35.5. The summed E-state index contributed by atoms with van der Waals surface area (Å²) in [6.07, 6.45) is 6.19. The molecule has 1 aromatic heterocycles. The minimum Gasteiger partial charge on any atom is -0.337 e. The van der Waals surface area contributed by atoms with Crippen molar-refractivity contribution in [3.8, 4) is 0 Å². The number of benzene rings is 1. The van der Waals surface area contributed by atoms with Gasteiger partial charge in [-0.25, -0.2) is 0 Å². The molecule has 0 atom stereocenters. The minimum absolute atomic E-state index is 0.0224. The molecule has 0 spiro atoms. The van der Waals surface area contributed by atoms with Gasteiger partial charge in [0, 0.05) is 25.5 Å². The van der Waals surface area contributed by atoms with Gasteiger partial charge in [-0.15, -0.1) is 11.6 Å². The highest BCUT2D eigenvalue weighted by molar-refractivity contribution is 6.27. The third-order valence-corrected chi connectivity index (χ3v) is 4.17. The van der Waals surface area contributed by atoms with Crippen molar-refractivity contribution in [2.24, 2.45) is 5.92 Å². The maximum absolute atomic E-state index is 11.9. The molecule has 1 heterocycles. The molecule has 1 amide bonds. The Morgan fingerprint density at radius 2 is 2.00 bits per heavy atom. The molecule has 4 nitrogen and oxygen atoms in total. The molecule has 1 aliphatic rings. The van der Waals surface area contributed by atoms with Gasteiger partial charge in [0.25, 0.3) is 0 Å². The first-order chi connectivity index (χ1) is 10.7. The number of amides is 1. The van der Waals surface area contributed by atoms with Crippen LogP contribution in [0.3, 0.4) is 0 Å². The molecule has 0 saturated heterocycles. The van der Waals surface area contributed by atoms with Gasteiger partial charge in [0.1, 0.15) is 5.88 Å². The molecule has 2 aromatic rings. The number of carbonyl (C=O) groups is 1. The predicted molar refractivity (Wildman–Crippen MR) is 86.6 cm³/mol. The summed E-state index contributed by atoms with van der Waals surface area (Å²) in [4.78, 5) is 13.8. The van der Waals surface area contributed by atoms with E-state index in [1.165, 1.54) is 18.4 Å². The van der Waals surface area contributed by atoms with Crippen molar-refractivity contribution < 1.29 is 4.79 Å². The SMILES string of the molecule is O=C(CCl)N(Cc1ccc(Cn2cccn2)cc1)CC1CC1. The fourth-order valence-electron chi connectivity index (χ4n) is 2.50. The molecule has 3 rings (SSSR count). The fraction of sp³-hybridized carbons (Fsp3) is 0.412. The molecule has 1 aliphatic carbocycles. The molecule has 0 radical (unpaired) electrons. The Bertz CT molecular complexity index is 605. The van der Waals surface area contributed by atoms with Crippen LogP contribution in [0, 0.1) is 5.92 Å². The number of hydrogen-bond donors (Lipinski definition) is 0. The lowest BCUT2D eigenvalue weighted by atomic mass is 10.1. The Morgan fingerprint density at radius 3 is 2.59 bits per heavy atom. The van der Waals surface area contributed by atoms with E-state index in [1.54, 1.807) is 6.20 Å². The van der Waals surface area contributed by atoms with E-state index in [0.717, 1.165) is 18.7 Å². The zero-order valence-electron chi connectivity index (χ0n) is 12.5. The van der Waals surface area contributed by atoms with E-state index in [4.69, 9.17) is 11.6 Å². The maximum Gasteiger partial charge on any atom is 0.237 e. The summed E-state index contributed by atoms with van der Waals surface area (Å²) in [6.45, 7) is 2.24. The van der Waals surface area contributed by atoms with Crippen LogP contribution < -0.4 is 0 Å². The first-order valence-electron chi connectivity index (χ1n) is 7.63. The molecule has 0 bridgehead atoms. The van der Waals surface area contributed by atoms with Gasteiger partial charge < -0.3 is 4.90 Å². The molecule has 116 valence electrons. The molecule has 1 aromatic carbocycles. The van der Waals surface area contributed by atoms with Crippen LogP contribution in [0.4, 0.5) is 0 Å². The smallest absolute Gasteiger partial charge is 0.237 e. The van der Waals surface area contributed by atoms with Gasteiger partial charge in [0.05, 0.1) is 6.54 Å². The van der Waals surface area contributed by atoms with Crippen LogP contribution in [0.2, 0.25) is 0 Å². The second-order valence-electron chi connectivity index (χ2n) is 5.87. The molecule has 0 N–H and O–H groups in total. The minimum atomic E-state index is 0.0224. The number of rotatable bonds is 7. The van der Waals surface area contributed by atoms with E-state index >= 15 is 0 Å². The summed E-state index contributed by atoms with van der Waals surface area (Å²) in [5.74, 6) is 0.754. The number of halogens is 1. The average Bonchev–Trinajstić information content (AvgIpc) is 3.21. The van der Waals surface area contributed by atoms with Crippen molar-refractivity contribution in [2.75, 3.05) is 12.4 Å². The Balaban J connectivity index is 1.62. The van der Waals surface area contributed by atoms with Gasteiger partial charge in [-0.1, -0.05) is 24.3 Å². The van der Waals surface area contributed by atoms with Crippen LogP contribution in [0.1, 0.15) is 24.0 Å². The first kappa shape index (κ1) is 15.1. The van der Waals surface area contributed by atoms with E-state index in [9.17, 15) is 4.79 Å². The van der Waals surface area contributed by atoms with Crippen molar-refractivity contribution in [2.45, 2.75) is 25.9 Å². The molecular weight excluding hydrogens is 298 g/mol. The Morgan fingerprint density at radius 1 is 1.27 bits per heavy atom. The van der Waals surface area contributed by atoms with E-state index in [1.807, 2.05) is 21.8 Å². The van der Waals surface area contributed by atoms with Crippen molar-refractivity contribution >= 4 is 17.5 Å². The molecule has 22 heavy (non-hydrogen) atoms. The van der Waals surface area contributed by atoms with Gasteiger partial charge in [0.15, 0.2) is 0 Å². The molecular formula is C17H20ClN3O. The van der Waals surface area contributed by atoms with Crippen LogP contribution in [-0.4, -0.2) is 33.0 Å². The predicted octanol–water partition coefficient (Wildman–Crippen LogP) is 2.91. The third-order valence-electron chi connectivity index (χ3n) is 3.94. The van der Waals surface area contributed by atoms with Crippen LogP contribution in [0.5, 0.6) is 0 Å². The summed E-state index contributed by atoms with van der Waals surface area (Å²) < 4.78 is 1.89. The second-order valence-corrected chi connectivity index (χ2v) is 6.14. The van der Waals surface area contributed by atoms with Gasteiger partial charge in [-0.3, -0.25) is 9.48 Å². The Hall–Kier alpha value is -1.81. The lowest BCUT2D eigenvalue weighted by Crippen LogP contribution is -2.33. The summed E-state index contributed by atoms with van der Waals surface area (Å²) in [7, 11) is 0. The van der Waals surface area contributed by atoms with E-state index in [0.29, 0.717) is 12.5 Å². The summed E-state index contributed by atoms with van der Waals surface area (Å²) in [6, 6.07) is 10.3. The summed E-state index contributed by atoms with van der Waals surface area (Å²) >= 11 is 5.72. The summed E-state index contributed by atoms with van der Waals surface area (Å²) in [5.41, 5.74) is 2.34. The topological polar surface area (TPSA) is 38.1 Å². The first-order valence-corrected chi connectivity index (χ1v) is 8.17. The number of hydrogen-bond acceptors (Lipinski definition) is 2. The second kappa shape index (κ2) is 6.97. The monoisotopic (exact) mass is 317 g/mol. The van der Waals surface area contributed by atoms with Crippen molar-refractivity contribution in [1.82, 2.24) is 14.7 Å². The average molecular weight is 318 g/mol. The summed E-state index contributed by atoms with van der Waals surface area (Å²) in [5, 5.41) is 4.21. The zero-order valence-corrected chi connectivity index (χ0v) is 13.2. The van der Waals surface area contributed by atoms with Crippen molar-refractivity contribution in [3.63, 3.8) is 0 Å². The number of nitrogens with zero attached hydrogens (tertiary/aromatic N) is 3. The lowest BCUT2D eigenvalue weighted by molar-refractivity contribution is -0.129. The number of carbonyl (C=O) groups excluding carboxylic acids is 1. The molecule has 1 saturated carbocycles. The van der Waals surface area contributed by atoms with E-state index in [-0.39, 0.29) is 11.8 Å². The Labute approximate surface area is 135 Å². The standard InChI is InChI=1S/C17H20ClN3O/c18-10-17(22)20(11-14-2-3-14)12-15-4-6-16(7-5-15)13-21-9-1-8-19-21/h1,4-9,14H,2-3,10-13H2. The largest absolute Gasteiger partial charge is 0.337 e. The zero-order chi connectivity index (χ0) is 15.4. The number of aromatic nitrogens is 2. The molecule has 0 aliphatic heterocycles. The van der Waals surface area contributed by atoms with Gasteiger partial charge in [-0.05, 0) is 36.0 Å².